The standard InChI is InChI=1S/C68H104O6/c1-4-7-10-13-16-19-22-25-26-27-28-29-30-31-32-33-34-35-36-37-38-39-40-41-42-44-46-49-52-55-58-61-67(70)73-64-65(63-72-66(69)60-57-54-51-48-45-24-21-18-15-12-9-6-3)74-68(71)62-59-56-53-50-47-43-23-20-17-14-11-8-5-2/h7-8,10-11,16-21,25-26,28-29,31-32,34-35,37-38,40-41,43-44,46-47,53,56,65H,4-6,9,12-15,22-24,27,30,33,36,39,42,45,48-52,54-55,57-64H2,1-3H3/b10-7-,11-8-,19-16-,20-17-,21-18-,26-25-,29-28-,32-31-,35-34-,38-37-,41-40-,46-44-,47-43-,56-53-. The summed E-state index contributed by atoms with van der Waals surface area (Å²) < 4.78 is 16.7. The molecule has 0 spiro atoms. The van der Waals surface area contributed by atoms with Gasteiger partial charge in [-0.25, -0.2) is 0 Å². The molecule has 0 bridgehead atoms. The Balaban J connectivity index is 4.41. The van der Waals surface area contributed by atoms with Crippen LogP contribution in [0, 0.1) is 0 Å². The summed E-state index contributed by atoms with van der Waals surface area (Å²) in [5.74, 6) is -1.07. The molecule has 74 heavy (non-hydrogen) atoms. The summed E-state index contributed by atoms with van der Waals surface area (Å²) in [5, 5.41) is 0. The highest BCUT2D eigenvalue weighted by atomic mass is 16.6. The van der Waals surface area contributed by atoms with E-state index in [2.05, 4.69) is 179 Å². The van der Waals surface area contributed by atoms with E-state index in [0.717, 1.165) is 141 Å². The summed E-state index contributed by atoms with van der Waals surface area (Å²) in [7, 11) is 0. The summed E-state index contributed by atoms with van der Waals surface area (Å²) >= 11 is 0. The Hall–Kier alpha value is -5.23. The molecule has 0 aliphatic heterocycles. The minimum absolute atomic E-state index is 0.129. The quantitative estimate of drug-likeness (QED) is 0.0261. The molecule has 0 amide bonds. The Kier molecular flexibility index (Phi) is 56.1. The molecule has 0 aromatic rings. The van der Waals surface area contributed by atoms with E-state index >= 15 is 0 Å². The maximum absolute atomic E-state index is 12.8. The van der Waals surface area contributed by atoms with Crippen molar-refractivity contribution in [3.63, 3.8) is 0 Å². The summed E-state index contributed by atoms with van der Waals surface area (Å²) in [5.41, 5.74) is 0. The maximum Gasteiger partial charge on any atom is 0.306 e. The molecular formula is C68H104O6. The number of unbranched alkanes of at least 4 members (excludes halogenated alkanes) is 11. The first-order valence-corrected chi connectivity index (χ1v) is 29.1. The summed E-state index contributed by atoms with van der Waals surface area (Å²) in [4.78, 5) is 38.0. The molecular weight excluding hydrogens is 913 g/mol. The van der Waals surface area contributed by atoms with Crippen molar-refractivity contribution in [2.45, 2.75) is 226 Å². The number of hydrogen-bond acceptors (Lipinski definition) is 6. The van der Waals surface area contributed by atoms with Crippen LogP contribution in [0.3, 0.4) is 0 Å². The van der Waals surface area contributed by atoms with E-state index in [1.54, 1.807) is 0 Å². The van der Waals surface area contributed by atoms with Crippen LogP contribution in [0.15, 0.2) is 170 Å². The molecule has 1 atom stereocenters. The van der Waals surface area contributed by atoms with Gasteiger partial charge in [-0.3, -0.25) is 14.4 Å². The SMILES string of the molecule is CC/C=C\C/C=C\C/C=C\C/C=C\C/C=C\C/C=C\C/C=C\C/C=C\C/C=C\CCCCCC(=O)OCC(COC(=O)CCCCCCC/C=C\CCCCC)OC(=O)CC/C=C\C/C=C\C/C=C\C/C=C\CC. The van der Waals surface area contributed by atoms with Gasteiger partial charge in [0, 0.05) is 19.3 Å². The van der Waals surface area contributed by atoms with Crippen molar-refractivity contribution in [1.82, 2.24) is 0 Å². The van der Waals surface area contributed by atoms with Crippen molar-refractivity contribution in [3.8, 4) is 0 Å². The molecule has 0 aliphatic carbocycles. The minimum Gasteiger partial charge on any atom is -0.462 e. The number of esters is 3. The summed E-state index contributed by atoms with van der Waals surface area (Å²) in [6.07, 6.45) is 89.4. The van der Waals surface area contributed by atoms with E-state index in [0.29, 0.717) is 19.3 Å². The van der Waals surface area contributed by atoms with Gasteiger partial charge in [0.2, 0.25) is 0 Å². The van der Waals surface area contributed by atoms with Crippen LogP contribution in [-0.2, 0) is 28.6 Å². The monoisotopic (exact) mass is 1020 g/mol. The number of carbonyl (C=O) groups excluding carboxylic acids is 3. The van der Waals surface area contributed by atoms with Gasteiger partial charge in [-0.1, -0.05) is 229 Å². The highest BCUT2D eigenvalue weighted by molar-refractivity contribution is 5.71. The van der Waals surface area contributed by atoms with Crippen LogP contribution in [0.1, 0.15) is 220 Å². The third-order valence-corrected chi connectivity index (χ3v) is 11.4. The Morgan fingerprint density at radius 2 is 0.554 bits per heavy atom. The molecule has 0 aliphatic rings. The van der Waals surface area contributed by atoms with Gasteiger partial charge >= 0.3 is 17.9 Å². The van der Waals surface area contributed by atoms with Crippen LogP contribution in [0.5, 0.6) is 0 Å². The van der Waals surface area contributed by atoms with Crippen LogP contribution >= 0.6 is 0 Å². The Morgan fingerprint density at radius 1 is 0.284 bits per heavy atom. The zero-order valence-corrected chi connectivity index (χ0v) is 47.0. The zero-order valence-electron chi connectivity index (χ0n) is 47.0. The van der Waals surface area contributed by atoms with Crippen LogP contribution in [0.4, 0.5) is 0 Å². The molecule has 0 fully saturated rings. The van der Waals surface area contributed by atoms with Crippen molar-refractivity contribution < 1.29 is 28.6 Å². The fourth-order valence-electron chi connectivity index (χ4n) is 7.15. The van der Waals surface area contributed by atoms with E-state index in [-0.39, 0.29) is 31.6 Å². The van der Waals surface area contributed by atoms with Gasteiger partial charge in [0.15, 0.2) is 6.10 Å². The van der Waals surface area contributed by atoms with Gasteiger partial charge < -0.3 is 14.2 Å². The van der Waals surface area contributed by atoms with E-state index < -0.39 is 12.1 Å². The lowest BCUT2D eigenvalue weighted by molar-refractivity contribution is -0.166. The molecule has 0 heterocycles. The molecule has 0 aromatic heterocycles. The van der Waals surface area contributed by atoms with Crippen molar-refractivity contribution in [1.29, 1.82) is 0 Å². The predicted molar refractivity (Wildman–Crippen MR) is 320 cm³/mol. The average molecular weight is 1020 g/mol. The first-order chi connectivity index (χ1) is 36.5. The maximum atomic E-state index is 12.8. The lowest BCUT2D eigenvalue weighted by atomic mass is 10.1. The van der Waals surface area contributed by atoms with E-state index in [9.17, 15) is 14.4 Å². The topological polar surface area (TPSA) is 78.9 Å². The molecule has 0 N–H and O–H groups in total. The lowest BCUT2D eigenvalue weighted by Gasteiger charge is -2.18. The van der Waals surface area contributed by atoms with Crippen molar-refractivity contribution in [2.75, 3.05) is 13.2 Å². The molecule has 0 saturated carbocycles. The van der Waals surface area contributed by atoms with Gasteiger partial charge in [-0.15, -0.1) is 0 Å². The number of carbonyl (C=O) groups is 3. The van der Waals surface area contributed by atoms with Crippen molar-refractivity contribution in [3.05, 3.63) is 170 Å². The molecule has 6 nitrogen and oxygen atoms in total. The number of allylic oxidation sites excluding steroid dienone is 28. The van der Waals surface area contributed by atoms with E-state index in [1.807, 2.05) is 12.2 Å². The third-order valence-electron chi connectivity index (χ3n) is 11.4. The van der Waals surface area contributed by atoms with Gasteiger partial charge in [0.25, 0.3) is 0 Å². The second-order valence-corrected chi connectivity index (χ2v) is 18.4. The van der Waals surface area contributed by atoms with E-state index in [1.165, 1.54) is 32.1 Å². The summed E-state index contributed by atoms with van der Waals surface area (Å²) in [6.45, 7) is 6.26. The molecule has 0 radical (unpaired) electrons. The van der Waals surface area contributed by atoms with Gasteiger partial charge in [-0.05, 0) is 141 Å². The highest BCUT2D eigenvalue weighted by Crippen LogP contribution is 2.12. The number of ether oxygens (including phenoxy) is 3. The molecule has 1 unspecified atom stereocenters. The minimum atomic E-state index is -0.841. The summed E-state index contributed by atoms with van der Waals surface area (Å²) in [6, 6.07) is 0. The lowest BCUT2D eigenvalue weighted by Crippen LogP contribution is -2.30. The van der Waals surface area contributed by atoms with E-state index in [4.69, 9.17) is 14.2 Å². The fourth-order valence-corrected chi connectivity index (χ4v) is 7.15. The first-order valence-electron chi connectivity index (χ1n) is 29.1. The Bertz CT molecular complexity index is 1740. The Labute approximate surface area is 453 Å². The van der Waals surface area contributed by atoms with Gasteiger partial charge in [-0.2, -0.15) is 0 Å². The smallest absolute Gasteiger partial charge is 0.306 e. The fraction of sp³-hybridized carbons (Fsp3) is 0.544. The molecule has 0 aromatic carbocycles. The second-order valence-electron chi connectivity index (χ2n) is 18.4. The number of rotatable bonds is 50. The number of hydrogen-bond donors (Lipinski definition) is 0. The molecule has 6 heteroatoms. The first kappa shape index (κ1) is 68.8. The second kappa shape index (κ2) is 60.3. The molecule has 412 valence electrons. The van der Waals surface area contributed by atoms with Crippen molar-refractivity contribution in [2.24, 2.45) is 0 Å². The predicted octanol–water partition coefficient (Wildman–Crippen LogP) is 19.9. The zero-order chi connectivity index (χ0) is 53.6. The van der Waals surface area contributed by atoms with Crippen molar-refractivity contribution >= 4 is 17.9 Å². The molecule has 0 rings (SSSR count). The van der Waals surface area contributed by atoms with Crippen LogP contribution in [0.25, 0.3) is 0 Å². The van der Waals surface area contributed by atoms with Crippen LogP contribution in [0.2, 0.25) is 0 Å². The van der Waals surface area contributed by atoms with Crippen LogP contribution < -0.4 is 0 Å². The van der Waals surface area contributed by atoms with Gasteiger partial charge in [0.05, 0.1) is 0 Å². The normalized spacial score (nSPS) is 13.4. The highest BCUT2D eigenvalue weighted by Gasteiger charge is 2.19. The largest absolute Gasteiger partial charge is 0.462 e. The molecule has 0 saturated heterocycles. The Morgan fingerprint density at radius 3 is 0.905 bits per heavy atom. The average Bonchev–Trinajstić information content (AvgIpc) is 3.40. The third kappa shape index (κ3) is 57.7. The van der Waals surface area contributed by atoms with Crippen LogP contribution in [-0.4, -0.2) is 37.2 Å². The van der Waals surface area contributed by atoms with Gasteiger partial charge in [0.1, 0.15) is 13.2 Å².